The monoisotopic (exact) mass is 375 g/mol. The number of carbonyl (C=O) groups excluding carboxylic acids is 2. The summed E-state index contributed by atoms with van der Waals surface area (Å²) in [7, 11) is 1.63. The minimum absolute atomic E-state index is 0.249. The number of ether oxygens (including phenoxy) is 1. The van der Waals surface area contributed by atoms with Crippen LogP contribution in [0.2, 0.25) is 0 Å². The van der Waals surface area contributed by atoms with Crippen LogP contribution in [0.25, 0.3) is 0 Å². The highest BCUT2D eigenvalue weighted by Crippen LogP contribution is 2.25. The number of urea groups is 1. The molecule has 0 bridgehead atoms. The summed E-state index contributed by atoms with van der Waals surface area (Å²) in [6, 6.07) is 21.4. The molecule has 3 aromatic carbocycles. The molecule has 0 fully saturated rings. The van der Waals surface area contributed by atoms with Crippen molar-refractivity contribution < 1.29 is 14.3 Å². The van der Waals surface area contributed by atoms with Crippen molar-refractivity contribution in [3.8, 4) is 5.75 Å². The molecule has 3 aromatic rings. The Labute approximate surface area is 163 Å². The number of anilines is 2. The lowest BCUT2D eigenvalue weighted by atomic mass is 10.0. The lowest BCUT2D eigenvalue weighted by Crippen LogP contribution is -2.19. The van der Waals surface area contributed by atoms with E-state index in [1.54, 1.807) is 37.4 Å². The van der Waals surface area contributed by atoms with Crippen molar-refractivity contribution in [2.75, 3.05) is 17.7 Å². The lowest BCUT2D eigenvalue weighted by Gasteiger charge is -2.12. The van der Waals surface area contributed by atoms with Crippen LogP contribution in [0.5, 0.6) is 5.75 Å². The molecule has 0 aliphatic heterocycles. The molecule has 4 N–H and O–H groups in total. The van der Waals surface area contributed by atoms with Crippen LogP contribution in [0.1, 0.15) is 21.5 Å². The Morgan fingerprint density at radius 1 is 0.893 bits per heavy atom. The summed E-state index contributed by atoms with van der Waals surface area (Å²) in [4.78, 5) is 23.4. The van der Waals surface area contributed by atoms with Crippen LogP contribution in [0.15, 0.2) is 72.8 Å². The van der Waals surface area contributed by atoms with E-state index in [-0.39, 0.29) is 5.91 Å². The Morgan fingerprint density at radius 2 is 1.57 bits per heavy atom. The van der Waals surface area contributed by atoms with Gasteiger partial charge in [0.2, 0.25) is 0 Å². The zero-order valence-electron chi connectivity index (χ0n) is 15.4. The van der Waals surface area contributed by atoms with Gasteiger partial charge in [0.15, 0.2) is 0 Å². The van der Waals surface area contributed by atoms with Crippen molar-refractivity contribution in [2.45, 2.75) is 6.42 Å². The predicted molar refractivity (Wildman–Crippen MR) is 110 cm³/mol. The third kappa shape index (κ3) is 4.88. The second-order valence-electron chi connectivity index (χ2n) is 6.21. The summed E-state index contributed by atoms with van der Waals surface area (Å²) in [5, 5.41) is 5.35. The minimum atomic E-state index is -0.652. The number of nitrogens with one attached hydrogen (secondary N) is 2. The molecule has 6 nitrogen and oxygen atoms in total. The van der Waals surface area contributed by atoms with E-state index < -0.39 is 6.03 Å². The van der Waals surface area contributed by atoms with Gasteiger partial charge in [0.1, 0.15) is 5.75 Å². The maximum atomic E-state index is 12.5. The van der Waals surface area contributed by atoms with Gasteiger partial charge in [-0.1, -0.05) is 30.3 Å². The molecule has 6 heteroatoms. The Bertz CT molecular complexity index is 970. The highest BCUT2D eigenvalue weighted by Gasteiger charge is 2.10. The van der Waals surface area contributed by atoms with Gasteiger partial charge in [0.25, 0.3) is 5.91 Å². The van der Waals surface area contributed by atoms with Crippen LogP contribution in [0.4, 0.5) is 16.2 Å². The van der Waals surface area contributed by atoms with E-state index in [4.69, 9.17) is 10.5 Å². The van der Waals surface area contributed by atoms with E-state index in [2.05, 4.69) is 10.6 Å². The summed E-state index contributed by atoms with van der Waals surface area (Å²) in [5.41, 5.74) is 8.88. The van der Waals surface area contributed by atoms with Gasteiger partial charge in [-0.2, -0.15) is 0 Å². The van der Waals surface area contributed by atoms with Gasteiger partial charge in [-0.3, -0.25) is 4.79 Å². The molecule has 0 heterocycles. The molecule has 0 aliphatic carbocycles. The molecule has 0 spiro atoms. The Kier molecular flexibility index (Phi) is 5.91. The number of nitrogens with two attached hydrogens (primary N) is 1. The van der Waals surface area contributed by atoms with Crippen LogP contribution in [-0.2, 0) is 6.42 Å². The Morgan fingerprint density at radius 3 is 2.21 bits per heavy atom. The third-order valence-corrected chi connectivity index (χ3v) is 4.19. The predicted octanol–water partition coefficient (Wildman–Crippen LogP) is 4.03. The molecular weight excluding hydrogens is 354 g/mol. The number of benzene rings is 3. The summed E-state index contributed by atoms with van der Waals surface area (Å²) < 4.78 is 5.45. The molecular formula is C22H21N3O3. The van der Waals surface area contributed by atoms with Crippen LogP contribution in [-0.4, -0.2) is 19.0 Å². The first-order valence-electron chi connectivity index (χ1n) is 8.74. The zero-order valence-corrected chi connectivity index (χ0v) is 15.4. The molecule has 0 unspecified atom stereocenters. The van der Waals surface area contributed by atoms with Crippen LogP contribution < -0.4 is 21.1 Å². The maximum Gasteiger partial charge on any atom is 0.316 e. The van der Waals surface area contributed by atoms with Crippen molar-refractivity contribution in [2.24, 2.45) is 5.73 Å². The third-order valence-electron chi connectivity index (χ3n) is 4.19. The van der Waals surface area contributed by atoms with Gasteiger partial charge >= 0.3 is 6.03 Å². The van der Waals surface area contributed by atoms with Gasteiger partial charge in [-0.15, -0.1) is 0 Å². The van der Waals surface area contributed by atoms with Crippen LogP contribution in [0, 0.1) is 0 Å². The quantitative estimate of drug-likeness (QED) is 0.607. The minimum Gasteiger partial charge on any atom is -0.496 e. The standard InChI is InChI=1S/C22H21N3O3/c1-28-20-12-11-19(14-17(20)13-15-5-3-2-4-6-15)24-21(26)16-7-9-18(10-8-16)25-22(23)27/h2-12,14H,13H2,1H3,(H,24,26)(H3,23,25,27). The van der Waals surface area contributed by atoms with Gasteiger partial charge in [0, 0.05) is 28.9 Å². The van der Waals surface area contributed by atoms with Gasteiger partial charge in [0.05, 0.1) is 7.11 Å². The van der Waals surface area contributed by atoms with Gasteiger partial charge < -0.3 is 21.1 Å². The fraction of sp³-hybridized carbons (Fsp3) is 0.0909. The highest BCUT2D eigenvalue weighted by molar-refractivity contribution is 6.04. The van der Waals surface area contributed by atoms with Crippen molar-refractivity contribution in [3.63, 3.8) is 0 Å². The molecule has 0 aliphatic rings. The molecule has 0 radical (unpaired) electrons. The van der Waals surface area contributed by atoms with E-state index in [1.807, 2.05) is 42.5 Å². The Hall–Kier alpha value is -3.80. The average Bonchev–Trinajstić information content (AvgIpc) is 2.69. The Balaban J connectivity index is 1.75. The van der Waals surface area contributed by atoms with E-state index >= 15 is 0 Å². The SMILES string of the molecule is COc1ccc(NC(=O)c2ccc(NC(N)=O)cc2)cc1Cc1ccccc1. The molecule has 0 atom stereocenters. The van der Waals surface area contributed by atoms with Crippen LogP contribution in [0.3, 0.4) is 0 Å². The smallest absolute Gasteiger partial charge is 0.316 e. The number of rotatable bonds is 6. The topological polar surface area (TPSA) is 93.4 Å². The maximum absolute atomic E-state index is 12.5. The highest BCUT2D eigenvalue weighted by atomic mass is 16.5. The second-order valence-corrected chi connectivity index (χ2v) is 6.21. The van der Waals surface area contributed by atoms with Gasteiger partial charge in [-0.25, -0.2) is 4.79 Å². The molecule has 3 rings (SSSR count). The van der Waals surface area contributed by atoms with Crippen molar-refractivity contribution >= 4 is 23.3 Å². The molecule has 0 saturated heterocycles. The summed E-state index contributed by atoms with van der Waals surface area (Å²) >= 11 is 0. The van der Waals surface area contributed by atoms with Gasteiger partial charge in [-0.05, 0) is 48.0 Å². The number of hydrogen-bond acceptors (Lipinski definition) is 3. The molecule has 0 aromatic heterocycles. The van der Waals surface area contributed by atoms with Crippen LogP contribution >= 0.6 is 0 Å². The number of hydrogen-bond donors (Lipinski definition) is 3. The molecule has 3 amide bonds. The van der Waals surface area contributed by atoms with E-state index in [9.17, 15) is 9.59 Å². The summed E-state index contributed by atoms with van der Waals surface area (Å²) in [5.74, 6) is 0.519. The van der Waals surface area contributed by atoms with Crippen molar-refractivity contribution in [1.29, 1.82) is 0 Å². The lowest BCUT2D eigenvalue weighted by molar-refractivity contribution is 0.102. The number of amides is 3. The number of carbonyl (C=O) groups is 2. The molecule has 28 heavy (non-hydrogen) atoms. The van der Waals surface area contributed by atoms with E-state index in [1.165, 1.54) is 0 Å². The van der Waals surface area contributed by atoms with E-state index in [0.29, 0.717) is 23.4 Å². The van der Waals surface area contributed by atoms with Crippen molar-refractivity contribution in [1.82, 2.24) is 0 Å². The normalized spacial score (nSPS) is 10.2. The first-order valence-corrected chi connectivity index (χ1v) is 8.74. The van der Waals surface area contributed by atoms with E-state index in [0.717, 1.165) is 16.9 Å². The second kappa shape index (κ2) is 8.73. The fourth-order valence-electron chi connectivity index (χ4n) is 2.86. The first-order chi connectivity index (χ1) is 13.5. The summed E-state index contributed by atoms with van der Waals surface area (Å²) in [6.45, 7) is 0. The number of primary amides is 1. The van der Waals surface area contributed by atoms with Crippen molar-refractivity contribution in [3.05, 3.63) is 89.5 Å². The number of methoxy groups -OCH3 is 1. The zero-order chi connectivity index (χ0) is 19.9. The molecule has 0 saturated carbocycles. The first kappa shape index (κ1) is 19.0. The fourth-order valence-corrected chi connectivity index (χ4v) is 2.86. The largest absolute Gasteiger partial charge is 0.496 e. The average molecular weight is 375 g/mol. The molecule has 142 valence electrons. The summed E-state index contributed by atoms with van der Waals surface area (Å²) in [6.07, 6.45) is 0.696.